The van der Waals surface area contributed by atoms with Gasteiger partial charge in [-0.25, -0.2) is 4.99 Å². The van der Waals surface area contributed by atoms with Crippen LogP contribution in [0.4, 0.5) is 0 Å². The van der Waals surface area contributed by atoms with Gasteiger partial charge in [-0.3, -0.25) is 9.59 Å². The minimum absolute atomic E-state index is 0.155. The Morgan fingerprint density at radius 1 is 1.19 bits per heavy atom. The summed E-state index contributed by atoms with van der Waals surface area (Å²) in [5.41, 5.74) is 2.64. The zero-order valence-electron chi connectivity index (χ0n) is 15.2. The number of ether oxygens (including phenoxy) is 1. The number of para-hydroxylation sites is 1. The van der Waals surface area contributed by atoms with Gasteiger partial charge < -0.3 is 10.1 Å². The van der Waals surface area contributed by atoms with E-state index >= 15 is 0 Å². The summed E-state index contributed by atoms with van der Waals surface area (Å²) in [6.45, 7) is 4.38. The smallest absolute Gasteiger partial charge is 0.255 e. The number of benzene rings is 2. The van der Waals surface area contributed by atoms with E-state index in [4.69, 9.17) is 4.74 Å². The second kappa shape index (κ2) is 7.52. The lowest BCUT2D eigenvalue weighted by Crippen LogP contribution is -2.37. The van der Waals surface area contributed by atoms with Crippen molar-refractivity contribution in [3.05, 3.63) is 63.7 Å². The normalized spacial score (nSPS) is 15.5. The molecule has 2 aromatic rings. The van der Waals surface area contributed by atoms with Crippen molar-refractivity contribution in [2.75, 3.05) is 13.7 Å². The molecule has 0 aromatic heterocycles. The number of hydrogen-bond acceptors (Lipinski definition) is 3. The van der Waals surface area contributed by atoms with Gasteiger partial charge in [-0.1, -0.05) is 30.3 Å². The van der Waals surface area contributed by atoms with Crippen LogP contribution in [0.1, 0.15) is 27.9 Å². The third-order valence-electron chi connectivity index (χ3n) is 4.75. The topological polar surface area (TPSA) is 67.8 Å². The first-order chi connectivity index (χ1) is 12.5. The van der Waals surface area contributed by atoms with E-state index in [1.165, 1.54) is 7.11 Å². The molecule has 1 N–H and O–H groups in total. The minimum Gasteiger partial charge on any atom is -0.496 e. The zero-order chi connectivity index (χ0) is 18.7. The molecule has 3 rings (SSSR count). The predicted molar refractivity (Wildman–Crippen MR) is 99.6 cm³/mol. The van der Waals surface area contributed by atoms with E-state index in [9.17, 15) is 9.59 Å². The van der Waals surface area contributed by atoms with E-state index < -0.39 is 0 Å². The van der Waals surface area contributed by atoms with Gasteiger partial charge in [0.2, 0.25) is 0 Å². The van der Waals surface area contributed by atoms with Gasteiger partial charge in [-0.15, -0.1) is 0 Å². The summed E-state index contributed by atoms with van der Waals surface area (Å²) in [4.78, 5) is 28.9. The summed E-state index contributed by atoms with van der Waals surface area (Å²) in [5, 5.41) is 4.60. The molecule has 1 aliphatic rings. The summed E-state index contributed by atoms with van der Waals surface area (Å²) >= 11 is 0. The largest absolute Gasteiger partial charge is 0.496 e. The number of rotatable bonds is 5. The number of hydrogen-bond donors (Lipinski definition) is 1. The van der Waals surface area contributed by atoms with Crippen molar-refractivity contribution in [1.29, 1.82) is 0 Å². The molecule has 0 aliphatic carbocycles. The van der Waals surface area contributed by atoms with E-state index in [-0.39, 0.29) is 17.7 Å². The maximum absolute atomic E-state index is 12.3. The highest BCUT2D eigenvalue weighted by atomic mass is 16.5. The molecule has 5 heteroatoms. The summed E-state index contributed by atoms with van der Waals surface area (Å²) in [5.74, 6) is -0.157. The molecule has 26 heavy (non-hydrogen) atoms. The van der Waals surface area contributed by atoms with Crippen LogP contribution >= 0.6 is 0 Å². The lowest BCUT2D eigenvalue weighted by atomic mass is 9.98. The van der Waals surface area contributed by atoms with E-state index in [2.05, 4.69) is 10.3 Å². The van der Waals surface area contributed by atoms with Crippen LogP contribution < -0.4 is 20.6 Å². The Morgan fingerprint density at radius 2 is 1.96 bits per heavy atom. The molecular formula is C21H22N2O3. The molecule has 1 atom stereocenters. The molecule has 1 unspecified atom stereocenters. The minimum atomic E-state index is -0.317. The number of methoxy groups -OCH3 is 1. The van der Waals surface area contributed by atoms with Crippen molar-refractivity contribution in [1.82, 2.24) is 5.32 Å². The van der Waals surface area contributed by atoms with Crippen LogP contribution in [0.5, 0.6) is 5.75 Å². The fourth-order valence-corrected chi connectivity index (χ4v) is 3.06. The summed E-state index contributed by atoms with van der Waals surface area (Å²) < 4.78 is 5.20. The number of nitrogens with one attached hydrogen (secondary N) is 1. The Kier molecular flexibility index (Phi) is 5.16. The molecule has 2 aromatic carbocycles. The maximum atomic E-state index is 12.3. The molecule has 0 bridgehead atoms. The fourth-order valence-electron chi connectivity index (χ4n) is 3.06. The van der Waals surface area contributed by atoms with Crippen molar-refractivity contribution in [3.63, 3.8) is 0 Å². The molecule has 5 nitrogen and oxygen atoms in total. The second-order valence-electron chi connectivity index (χ2n) is 6.41. The summed E-state index contributed by atoms with van der Waals surface area (Å²) in [6, 6.07) is 11.1. The van der Waals surface area contributed by atoms with E-state index in [0.29, 0.717) is 24.3 Å². The molecule has 0 radical (unpaired) electrons. The van der Waals surface area contributed by atoms with Gasteiger partial charge >= 0.3 is 0 Å². The second-order valence-corrected chi connectivity index (χ2v) is 6.41. The van der Waals surface area contributed by atoms with Crippen molar-refractivity contribution in [2.24, 2.45) is 10.9 Å². The lowest BCUT2D eigenvalue weighted by molar-refractivity contribution is -0.120. The number of fused-ring (bicyclic) bond motifs is 1. The average molecular weight is 350 g/mol. The Bertz CT molecular complexity index is 979. The van der Waals surface area contributed by atoms with Gasteiger partial charge in [0.15, 0.2) is 0 Å². The Morgan fingerprint density at radius 3 is 2.73 bits per heavy atom. The highest BCUT2D eigenvalue weighted by Gasteiger charge is 2.20. The fraction of sp³-hybridized carbons (Fsp3) is 0.286. The molecule has 1 aliphatic heterocycles. The van der Waals surface area contributed by atoms with Crippen LogP contribution in [-0.2, 0) is 4.79 Å². The molecule has 0 spiro atoms. The third kappa shape index (κ3) is 3.52. The highest BCUT2D eigenvalue weighted by molar-refractivity contribution is 5.97. The van der Waals surface area contributed by atoms with Gasteiger partial charge in [0.1, 0.15) is 5.75 Å². The van der Waals surface area contributed by atoms with Crippen LogP contribution in [0.2, 0.25) is 0 Å². The zero-order valence-corrected chi connectivity index (χ0v) is 15.2. The van der Waals surface area contributed by atoms with Crippen molar-refractivity contribution in [2.45, 2.75) is 20.3 Å². The molecule has 0 saturated carbocycles. The van der Waals surface area contributed by atoms with Crippen LogP contribution in [-0.4, -0.2) is 25.5 Å². The molecular weight excluding hydrogens is 328 g/mol. The Labute approximate surface area is 152 Å². The van der Waals surface area contributed by atoms with Crippen molar-refractivity contribution < 1.29 is 14.3 Å². The first-order valence-corrected chi connectivity index (χ1v) is 8.63. The molecule has 1 heterocycles. The van der Waals surface area contributed by atoms with E-state index in [1.54, 1.807) is 18.2 Å². The first kappa shape index (κ1) is 17.9. The average Bonchev–Trinajstić information content (AvgIpc) is 2.65. The standard InChI is InChI=1S/C21H22N2O3/c1-13-8-9-15-12-16(20(24)23-19(15)14(13)2)10-11-22-21(25)17-6-4-5-7-18(17)26-3/h4-9,12,16H,10-11H2,1-3H3,(H,22,25). The Balaban J connectivity index is 1.69. The van der Waals surface area contributed by atoms with Gasteiger partial charge in [0, 0.05) is 6.54 Å². The first-order valence-electron chi connectivity index (χ1n) is 8.63. The van der Waals surface area contributed by atoms with Crippen LogP contribution in [0.3, 0.4) is 0 Å². The van der Waals surface area contributed by atoms with Crippen molar-refractivity contribution >= 4 is 17.9 Å². The van der Waals surface area contributed by atoms with Gasteiger partial charge in [-0.05, 0) is 48.7 Å². The summed E-state index contributed by atoms with van der Waals surface area (Å²) in [6.07, 6.45) is 2.46. The predicted octanol–water partition coefficient (Wildman–Crippen LogP) is 1.69. The lowest BCUT2D eigenvalue weighted by Gasteiger charge is -2.14. The SMILES string of the molecule is COc1ccccc1C(=O)NCCC1C=c2ccc(C)c(C)c2=NC1=O. The number of aryl methyl sites for hydroxylation is 1. The van der Waals surface area contributed by atoms with Crippen LogP contribution in [0.25, 0.3) is 6.08 Å². The molecule has 134 valence electrons. The molecule has 0 fully saturated rings. The van der Waals surface area contributed by atoms with E-state index in [1.807, 2.05) is 38.1 Å². The highest BCUT2D eigenvalue weighted by Crippen LogP contribution is 2.17. The van der Waals surface area contributed by atoms with E-state index in [0.717, 1.165) is 21.7 Å². The van der Waals surface area contributed by atoms with Crippen LogP contribution in [0, 0.1) is 19.8 Å². The third-order valence-corrected chi connectivity index (χ3v) is 4.75. The number of nitrogens with zero attached hydrogens (tertiary/aromatic N) is 1. The van der Waals surface area contributed by atoms with Gasteiger partial charge in [0.25, 0.3) is 11.8 Å². The molecule has 2 amide bonds. The summed E-state index contributed by atoms with van der Waals surface area (Å²) in [7, 11) is 1.53. The van der Waals surface area contributed by atoms with Crippen LogP contribution in [0.15, 0.2) is 41.4 Å². The van der Waals surface area contributed by atoms with Gasteiger partial charge in [0.05, 0.1) is 23.9 Å². The quantitative estimate of drug-likeness (QED) is 0.892. The van der Waals surface area contributed by atoms with Crippen molar-refractivity contribution in [3.8, 4) is 5.75 Å². The monoisotopic (exact) mass is 350 g/mol. The molecule has 0 saturated heterocycles. The Hall–Kier alpha value is -2.95. The number of carbonyl (C=O) groups excluding carboxylic acids is 2. The maximum Gasteiger partial charge on any atom is 0.255 e. The van der Waals surface area contributed by atoms with Gasteiger partial charge in [-0.2, -0.15) is 0 Å². The number of carbonyl (C=O) groups is 2. The number of amides is 2.